The molecule has 0 aliphatic carbocycles. The number of hydrogen-bond acceptors (Lipinski definition) is 2. The van der Waals surface area contributed by atoms with Crippen LogP contribution in [0.3, 0.4) is 0 Å². The molecule has 0 fully saturated rings. The van der Waals surface area contributed by atoms with Crippen molar-refractivity contribution in [3.05, 3.63) is 29.3 Å². The Hall–Kier alpha value is -1.51. The fourth-order valence-corrected chi connectivity index (χ4v) is 2.06. The van der Waals surface area contributed by atoms with Crippen LogP contribution < -0.4 is 10.6 Å². The molecule has 0 unspecified atom stereocenters. The lowest BCUT2D eigenvalue weighted by molar-refractivity contribution is 0.0942. The molecule has 1 aromatic carbocycles. The van der Waals surface area contributed by atoms with Gasteiger partial charge in [0.15, 0.2) is 0 Å². The van der Waals surface area contributed by atoms with Crippen LogP contribution in [0.5, 0.6) is 0 Å². The number of carbonyl (C=O) groups excluding carboxylic acids is 1. The first-order valence-electron chi connectivity index (χ1n) is 5.85. The molecule has 0 atom stereocenters. The van der Waals surface area contributed by atoms with E-state index in [0.717, 1.165) is 36.2 Å². The molecule has 86 valence electrons. The zero-order valence-corrected chi connectivity index (χ0v) is 9.84. The number of benzene rings is 1. The van der Waals surface area contributed by atoms with Gasteiger partial charge in [-0.1, -0.05) is 6.07 Å². The van der Waals surface area contributed by atoms with Crippen molar-refractivity contribution in [3.63, 3.8) is 0 Å². The van der Waals surface area contributed by atoms with Crippen molar-refractivity contribution < 1.29 is 4.79 Å². The Balaban J connectivity index is 2.30. The van der Waals surface area contributed by atoms with Gasteiger partial charge in [-0.25, -0.2) is 0 Å². The highest BCUT2D eigenvalue weighted by Gasteiger charge is 2.17. The number of carbonyl (C=O) groups is 1. The highest BCUT2D eigenvalue weighted by atomic mass is 16.1. The van der Waals surface area contributed by atoms with Crippen molar-refractivity contribution in [2.75, 3.05) is 11.9 Å². The summed E-state index contributed by atoms with van der Waals surface area (Å²) in [6.07, 6.45) is 2.09. The quantitative estimate of drug-likeness (QED) is 0.799. The normalized spacial score (nSPS) is 14.2. The molecular weight excluding hydrogens is 200 g/mol. The maximum absolute atomic E-state index is 12.0. The summed E-state index contributed by atoms with van der Waals surface area (Å²) < 4.78 is 0. The molecule has 0 radical (unpaired) electrons. The van der Waals surface area contributed by atoms with Crippen LogP contribution in [0.2, 0.25) is 0 Å². The van der Waals surface area contributed by atoms with E-state index in [-0.39, 0.29) is 11.9 Å². The fraction of sp³-hybridized carbons (Fsp3) is 0.462. The molecule has 16 heavy (non-hydrogen) atoms. The predicted molar refractivity (Wildman–Crippen MR) is 65.9 cm³/mol. The minimum absolute atomic E-state index is 0.0375. The van der Waals surface area contributed by atoms with Crippen molar-refractivity contribution in [3.8, 4) is 0 Å². The molecule has 0 bridgehead atoms. The largest absolute Gasteiger partial charge is 0.385 e. The molecule has 3 heteroatoms. The molecule has 0 aromatic heterocycles. The summed E-state index contributed by atoms with van der Waals surface area (Å²) >= 11 is 0. The predicted octanol–water partition coefficient (Wildman–Crippen LogP) is 2.18. The van der Waals surface area contributed by atoms with Crippen LogP contribution in [0.25, 0.3) is 0 Å². The van der Waals surface area contributed by atoms with Gasteiger partial charge < -0.3 is 10.6 Å². The second-order valence-corrected chi connectivity index (χ2v) is 4.49. The van der Waals surface area contributed by atoms with Crippen LogP contribution >= 0.6 is 0 Å². The van der Waals surface area contributed by atoms with E-state index in [1.807, 2.05) is 32.0 Å². The van der Waals surface area contributed by atoms with Gasteiger partial charge in [0.2, 0.25) is 0 Å². The van der Waals surface area contributed by atoms with E-state index < -0.39 is 0 Å². The topological polar surface area (TPSA) is 41.1 Å². The minimum Gasteiger partial charge on any atom is -0.385 e. The van der Waals surface area contributed by atoms with Gasteiger partial charge in [-0.15, -0.1) is 0 Å². The van der Waals surface area contributed by atoms with Crippen molar-refractivity contribution in [2.24, 2.45) is 0 Å². The van der Waals surface area contributed by atoms with Gasteiger partial charge in [0.05, 0.1) is 0 Å². The summed E-state index contributed by atoms with van der Waals surface area (Å²) in [4.78, 5) is 12.0. The number of hydrogen-bond donors (Lipinski definition) is 2. The first-order valence-corrected chi connectivity index (χ1v) is 5.85. The first-order chi connectivity index (χ1) is 7.68. The summed E-state index contributed by atoms with van der Waals surface area (Å²) in [5.41, 5.74) is 3.09. The SMILES string of the molecule is CC(C)NC(=O)c1cccc2c1CCCN2. The lowest BCUT2D eigenvalue weighted by Gasteiger charge is -2.21. The van der Waals surface area contributed by atoms with Crippen LogP contribution in [-0.4, -0.2) is 18.5 Å². The van der Waals surface area contributed by atoms with Crippen LogP contribution in [0, 0.1) is 0 Å². The van der Waals surface area contributed by atoms with Crippen molar-refractivity contribution in [1.29, 1.82) is 0 Å². The maximum Gasteiger partial charge on any atom is 0.251 e. The van der Waals surface area contributed by atoms with Gasteiger partial charge in [0.25, 0.3) is 5.91 Å². The Morgan fingerprint density at radius 2 is 2.25 bits per heavy atom. The maximum atomic E-state index is 12.0. The highest BCUT2D eigenvalue weighted by Crippen LogP contribution is 2.25. The number of fused-ring (bicyclic) bond motifs is 1. The monoisotopic (exact) mass is 218 g/mol. The summed E-state index contributed by atoms with van der Waals surface area (Å²) in [7, 11) is 0. The molecule has 2 rings (SSSR count). The molecule has 1 aliphatic rings. The Morgan fingerprint density at radius 3 is 3.00 bits per heavy atom. The second kappa shape index (κ2) is 4.56. The molecule has 1 aliphatic heterocycles. The van der Waals surface area contributed by atoms with Gasteiger partial charge >= 0.3 is 0 Å². The Kier molecular flexibility index (Phi) is 3.13. The molecule has 2 N–H and O–H groups in total. The van der Waals surface area contributed by atoms with Gasteiger partial charge in [-0.3, -0.25) is 4.79 Å². The molecule has 0 saturated carbocycles. The Labute approximate surface area is 96.2 Å². The van der Waals surface area contributed by atoms with Gasteiger partial charge in [0.1, 0.15) is 0 Å². The van der Waals surface area contributed by atoms with E-state index in [1.165, 1.54) is 0 Å². The molecule has 0 spiro atoms. The van der Waals surface area contributed by atoms with Crippen LogP contribution in [0.15, 0.2) is 18.2 Å². The molecule has 1 heterocycles. The first kappa shape index (κ1) is 11.0. The molecule has 0 saturated heterocycles. The summed E-state index contributed by atoms with van der Waals surface area (Å²) in [6.45, 7) is 4.96. The van der Waals surface area contributed by atoms with E-state index in [0.29, 0.717) is 0 Å². The molecule has 3 nitrogen and oxygen atoms in total. The number of rotatable bonds is 2. The van der Waals surface area contributed by atoms with E-state index in [4.69, 9.17) is 0 Å². The Morgan fingerprint density at radius 1 is 1.44 bits per heavy atom. The third-order valence-corrected chi connectivity index (χ3v) is 2.76. The molecular formula is C13H18N2O. The number of amides is 1. The van der Waals surface area contributed by atoms with E-state index >= 15 is 0 Å². The fourth-order valence-electron chi connectivity index (χ4n) is 2.06. The average Bonchev–Trinajstić information content (AvgIpc) is 2.27. The van der Waals surface area contributed by atoms with Gasteiger partial charge in [-0.05, 0) is 44.4 Å². The van der Waals surface area contributed by atoms with E-state index in [9.17, 15) is 4.79 Å². The van der Waals surface area contributed by atoms with E-state index in [1.54, 1.807) is 0 Å². The standard InChI is InChI=1S/C13H18N2O/c1-9(2)15-13(16)11-5-3-7-12-10(11)6-4-8-14-12/h3,5,7,9,14H,4,6,8H2,1-2H3,(H,15,16). The summed E-state index contributed by atoms with van der Waals surface area (Å²) in [5, 5.41) is 6.27. The lowest BCUT2D eigenvalue weighted by Crippen LogP contribution is -2.31. The van der Waals surface area contributed by atoms with Crippen molar-refractivity contribution in [2.45, 2.75) is 32.7 Å². The number of nitrogens with one attached hydrogen (secondary N) is 2. The number of anilines is 1. The summed E-state index contributed by atoms with van der Waals surface area (Å²) in [5.74, 6) is 0.0375. The molecule has 1 amide bonds. The van der Waals surface area contributed by atoms with Crippen molar-refractivity contribution >= 4 is 11.6 Å². The van der Waals surface area contributed by atoms with Gasteiger partial charge in [0, 0.05) is 23.8 Å². The zero-order valence-electron chi connectivity index (χ0n) is 9.84. The molecule has 1 aromatic rings. The third-order valence-electron chi connectivity index (χ3n) is 2.76. The average molecular weight is 218 g/mol. The van der Waals surface area contributed by atoms with Crippen LogP contribution in [0.1, 0.15) is 36.2 Å². The third kappa shape index (κ3) is 2.18. The Bertz CT molecular complexity index is 399. The summed E-state index contributed by atoms with van der Waals surface area (Å²) in [6, 6.07) is 6.07. The van der Waals surface area contributed by atoms with Crippen LogP contribution in [-0.2, 0) is 6.42 Å². The highest BCUT2D eigenvalue weighted by molar-refractivity contribution is 5.97. The van der Waals surface area contributed by atoms with Crippen molar-refractivity contribution in [1.82, 2.24) is 5.32 Å². The zero-order chi connectivity index (χ0) is 11.5. The van der Waals surface area contributed by atoms with E-state index in [2.05, 4.69) is 10.6 Å². The van der Waals surface area contributed by atoms with Crippen LogP contribution in [0.4, 0.5) is 5.69 Å². The minimum atomic E-state index is 0.0375. The lowest BCUT2D eigenvalue weighted by atomic mass is 9.97. The second-order valence-electron chi connectivity index (χ2n) is 4.49. The van der Waals surface area contributed by atoms with Gasteiger partial charge in [-0.2, -0.15) is 0 Å². The smallest absolute Gasteiger partial charge is 0.251 e.